The first-order valence-electron chi connectivity index (χ1n) is 8.97. The number of benzene rings is 3. The van der Waals surface area contributed by atoms with Crippen LogP contribution in [0.25, 0.3) is 0 Å². The van der Waals surface area contributed by atoms with Crippen LogP contribution in [-0.4, -0.2) is 18.1 Å². The molecule has 0 bridgehead atoms. The van der Waals surface area contributed by atoms with Gasteiger partial charge in [0.05, 0.1) is 13.0 Å². The van der Waals surface area contributed by atoms with E-state index in [1.807, 2.05) is 60.7 Å². The number of nitrogens with one attached hydrogen (secondary N) is 1. The number of ether oxygens (including phenoxy) is 1. The maximum Gasteiger partial charge on any atom is 0.228 e. The van der Waals surface area contributed by atoms with Gasteiger partial charge in [-0.2, -0.15) is 0 Å². The first kappa shape index (κ1) is 17.2. The standard InChI is InChI=1S/C23H21NO3/c1-27-18-11-12-21-19(14-18)22(16-7-9-17(25)10-8-16)20(23(26)24-21)13-15-5-3-2-4-6-15/h2-12,14,20,22,25H,13H2,1H3,(H,24,26). The lowest BCUT2D eigenvalue weighted by Gasteiger charge is -2.34. The van der Waals surface area contributed by atoms with Gasteiger partial charge in [0.1, 0.15) is 11.5 Å². The van der Waals surface area contributed by atoms with Crippen LogP contribution >= 0.6 is 0 Å². The van der Waals surface area contributed by atoms with Gasteiger partial charge in [-0.15, -0.1) is 0 Å². The summed E-state index contributed by atoms with van der Waals surface area (Å²) in [6.07, 6.45) is 0.634. The van der Waals surface area contributed by atoms with Crippen LogP contribution in [0, 0.1) is 5.92 Å². The molecule has 2 atom stereocenters. The van der Waals surface area contributed by atoms with Gasteiger partial charge in [-0.25, -0.2) is 0 Å². The number of amides is 1. The number of aromatic hydroxyl groups is 1. The molecule has 2 unspecified atom stereocenters. The zero-order valence-electron chi connectivity index (χ0n) is 15.1. The van der Waals surface area contributed by atoms with Crippen molar-refractivity contribution in [1.82, 2.24) is 0 Å². The van der Waals surface area contributed by atoms with E-state index < -0.39 is 0 Å². The number of phenolic OH excluding ortho intramolecular Hbond substituents is 1. The van der Waals surface area contributed by atoms with Crippen molar-refractivity contribution in [2.24, 2.45) is 5.92 Å². The van der Waals surface area contributed by atoms with E-state index in [2.05, 4.69) is 5.32 Å². The maximum absolute atomic E-state index is 13.0. The lowest BCUT2D eigenvalue weighted by molar-refractivity contribution is -0.120. The highest BCUT2D eigenvalue weighted by atomic mass is 16.5. The molecule has 4 heteroatoms. The van der Waals surface area contributed by atoms with Gasteiger partial charge in [0.15, 0.2) is 0 Å². The Morgan fingerprint density at radius 1 is 1.00 bits per heavy atom. The van der Waals surface area contributed by atoms with E-state index in [-0.39, 0.29) is 23.5 Å². The summed E-state index contributed by atoms with van der Waals surface area (Å²) in [7, 11) is 1.64. The molecule has 0 radical (unpaired) electrons. The first-order chi connectivity index (χ1) is 13.2. The van der Waals surface area contributed by atoms with Crippen molar-refractivity contribution in [3.05, 3.63) is 89.5 Å². The number of phenols is 1. The van der Waals surface area contributed by atoms with Gasteiger partial charge in [-0.05, 0) is 53.4 Å². The second kappa shape index (κ2) is 7.16. The Morgan fingerprint density at radius 3 is 2.44 bits per heavy atom. The van der Waals surface area contributed by atoms with Crippen LogP contribution in [0.2, 0.25) is 0 Å². The lowest BCUT2D eigenvalue weighted by Crippen LogP contribution is -2.35. The third kappa shape index (κ3) is 3.38. The first-order valence-corrected chi connectivity index (χ1v) is 8.97. The summed E-state index contributed by atoms with van der Waals surface area (Å²) in [4.78, 5) is 13.0. The predicted octanol–water partition coefficient (Wildman–Crippen LogP) is 4.34. The van der Waals surface area contributed by atoms with Crippen molar-refractivity contribution in [1.29, 1.82) is 0 Å². The quantitative estimate of drug-likeness (QED) is 0.728. The summed E-state index contributed by atoms with van der Waals surface area (Å²) < 4.78 is 5.41. The third-order valence-corrected chi connectivity index (χ3v) is 5.14. The molecule has 4 nitrogen and oxygen atoms in total. The molecule has 1 heterocycles. The molecule has 2 N–H and O–H groups in total. The molecule has 3 aromatic carbocycles. The summed E-state index contributed by atoms with van der Waals surface area (Å²) >= 11 is 0. The van der Waals surface area contributed by atoms with Crippen LogP contribution in [0.4, 0.5) is 5.69 Å². The maximum atomic E-state index is 13.0. The van der Waals surface area contributed by atoms with Gasteiger partial charge in [-0.3, -0.25) is 4.79 Å². The highest BCUT2D eigenvalue weighted by molar-refractivity contribution is 5.97. The molecular weight excluding hydrogens is 338 g/mol. The van der Waals surface area contributed by atoms with E-state index in [0.717, 1.165) is 28.1 Å². The van der Waals surface area contributed by atoms with Crippen molar-refractivity contribution in [3.63, 3.8) is 0 Å². The highest BCUT2D eigenvalue weighted by Crippen LogP contribution is 2.43. The van der Waals surface area contributed by atoms with Crippen LogP contribution in [-0.2, 0) is 11.2 Å². The topological polar surface area (TPSA) is 58.6 Å². The molecule has 1 aliphatic rings. The molecule has 1 aliphatic heterocycles. The Balaban J connectivity index is 1.82. The fourth-order valence-corrected chi connectivity index (χ4v) is 3.80. The van der Waals surface area contributed by atoms with E-state index in [4.69, 9.17) is 4.74 Å². The Labute approximate surface area is 158 Å². The number of hydrogen-bond acceptors (Lipinski definition) is 3. The van der Waals surface area contributed by atoms with Crippen molar-refractivity contribution >= 4 is 11.6 Å². The van der Waals surface area contributed by atoms with Crippen molar-refractivity contribution in [2.75, 3.05) is 12.4 Å². The van der Waals surface area contributed by atoms with Crippen molar-refractivity contribution < 1.29 is 14.6 Å². The minimum atomic E-state index is -0.253. The van der Waals surface area contributed by atoms with Crippen LogP contribution < -0.4 is 10.1 Å². The summed E-state index contributed by atoms with van der Waals surface area (Å²) in [5, 5.41) is 12.7. The van der Waals surface area contributed by atoms with Gasteiger partial charge < -0.3 is 15.2 Å². The highest BCUT2D eigenvalue weighted by Gasteiger charge is 2.37. The molecule has 0 aliphatic carbocycles. The predicted molar refractivity (Wildman–Crippen MR) is 105 cm³/mol. The molecule has 27 heavy (non-hydrogen) atoms. The van der Waals surface area contributed by atoms with Gasteiger partial charge in [0.25, 0.3) is 0 Å². The Kier molecular flexibility index (Phi) is 4.55. The molecular formula is C23H21NO3. The Hall–Kier alpha value is -3.27. The minimum absolute atomic E-state index is 0.00888. The van der Waals surface area contributed by atoms with E-state index in [1.165, 1.54) is 0 Å². The van der Waals surface area contributed by atoms with Gasteiger partial charge in [0, 0.05) is 11.6 Å². The Morgan fingerprint density at radius 2 is 1.74 bits per heavy atom. The molecule has 3 aromatic rings. The molecule has 1 amide bonds. The van der Waals surface area contributed by atoms with E-state index in [0.29, 0.717) is 6.42 Å². The molecule has 0 saturated carbocycles. The van der Waals surface area contributed by atoms with Gasteiger partial charge in [0.2, 0.25) is 5.91 Å². The number of rotatable bonds is 4. The fraction of sp³-hybridized carbons (Fsp3) is 0.174. The minimum Gasteiger partial charge on any atom is -0.508 e. The number of fused-ring (bicyclic) bond motifs is 1. The van der Waals surface area contributed by atoms with Crippen LogP contribution in [0.1, 0.15) is 22.6 Å². The van der Waals surface area contributed by atoms with E-state index in [9.17, 15) is 9.90 Å². The molecule has 0 saturated heterocycles. The third-order valence-electron chi connectivity index (χ3n) is 5.14. The monoisotopic (exact) mass is 359 g/mol. The average Bonchev–Trinajstić information content (AvgIpc) is 2.70. The molecule has 136 valence electrons. The average molecular weight is 359 g/mol. The largest absolute Gasteiger partial charge is 0.508 e. The summed E-state index contributed by atoms with van der Waals surface area (Å²) in [6.45, 7) is 0. The molecule has 4 rings (SSSR count). The lowest BCUT2D eigenvalue weighted by atomic mass is 9.74. The van der Waals surface area contributed by atoms with Crippen LogP contribution in [0.5, 0.6) is 11.5 Å². The summed E-state index contributed by atoms with van der Waals surface area (Å²) in [6, 6.07) is 22.9. The van der Waals surface area contributed by atoms with Crippen LogP contribution in [0.15, 0.2) is 72.8 Å². The normalized spacial score (nSPS) is 18.5. The van der Waals surface area contributed by atoms with Crippen molar-refractivity contribution in [2.45, 2.75) is 12.3 Å². The molecule has 0 fully saturated rings. The number of hydrogen-bond donors (Lipinski definition) is 2. The zero-order chi connectivity index (χ0) is 18.8. The number of anilines is 1. The fourth-order valence-electron chi connectivity index (χ4n) is 3.80. The SMILES string of the molecule is COc1ccc2c(c1)C(c1ccc(O)cc1)C(Cc1ccccc1)C(=O)N2. The summed E-state index contributed by atoms with van der Waals surface area (Å²) in [5.41, 5.74) is 3.95. The van der Waals surface area contributed by atoms with Gasteiger partial charge >= 0.3 is 0 Å². The smallest absolute Gasteiger partial charge is 0.228 e. The molecule has 0 aromatic heterocycles. The summed E-state index contributed by atoms with van der Waals surface area (Å²) in [5.74, 6) is 0.604. The second-order valence-corrected chi connectivity index (χ2v) is 6.81. The van der Waals surface area contributed by atoms with Gasteiger partial charge in [-0.1, -0.05) is 42.5 Å². The van der Waals surface area contributed by atoms with Crippen molar-refractivity contribution in [3.8, 4) is 11.5 Å². The number of carbonyl (C=O) groups is 1. The zero-order valence-corrected chi connectivity index (χ0v) is 15.1. The number of methoxy groups -OCH3 is 1. The Bertz CT molecular complexity index is 951. The van der Waals surface area contributed by atoms with E-state index in [1.54, 1.807) is 19.2 Å². The van der Waals surface area contributed by atoms with E-state index >= 15 is 0 Å². The number of carbonyl (C=O) groups excluding carboxylic acids is 1. The van der Waals surface area contributed by atoms with Crippen LogP contribution in [0.3, 0.4) is 0 Å². The molecule has 0 spiro atoms. The second-order valence-electron chi connectivity index (χ2n) is 6.81.